The fourth-order valence-corrected chi connectivity index (χ4v) is 2.33. The number of non-ortho nitro benzene ring substituents is 1. The molecule has 1 heterocycles. The molecule has 1 amide bonds. The van der Waals surface area contributed by atoms with Gasteiger partial charge in [-0.1, -0.05) is 13.8 Å². The lowest BCUT2D eigenvalue weighted by Crippen LogP contribution is -2.41. The Labute approximate surface area is 127 Å². The van der Waals surface area contributed by atoms with E-state index in [1.807, 2.05) is 13.8 Å². The second-order valence-electron chi connectivity index (χ2n) is 5.59. The Morgan fingerprint density at radius 2 is 2.23 bits per heavy atom. The van der Waals surface area contributed by atoms with Crippen molar-refractivity contribution in [2.75, 3.05) is 6.54 Å². The first-order chi connectivity index (χ1) is 10.4. The standard InChI is InChI=1S/C14H19N5O3/c1-8(2)5-9(7-15)16-14(20)13-11-6-10(19(21)22)3-4-12(11)17-18-13/h3-4,6,8-9H,5,7,15H2,1-2H3,(H,16,20)(H,17,18). The lowest BCUT2D eigenvalue weighted by atomic mass is 10.0. The average molecular weight is 305 g/mol. The smallest absolute Gasteiger partial charge is 0.272 e. The van der Waals surface area contributed by atoms with Gasteiger partial charge in [-0.15, -0.1) is 0 Å². The summed E-state index contributed by atoms with van der Waals surface area (Å²) in [6, 6.07) is 4.08. The summed E-state index contributed by atoms with van der Waals surface area (Å²) in [5, 5.41) is 20.8. The molecule has 2 rings (SSSR count). The number of H-pyrrole nitrogens is 1. The maximum Gasteiger partial charge on any atom is 0.272 e. The molecule has 8 nitrogen and oxygen atoms in total. The van der Waals surface area contributed by atoms with Gasteiger partial charge in [-0.25, -0.2) is 0 Å². The number of nitro groups is 1. The fraction of sp³-hybridized carbons (Fsp3) is 0.429. The number of aromatic amines is 1. The number of benzene rings is 1. The van der Waals surface area contributed by atoms with E-state index >= 15 is 0 Å². The molecule has 118 valence electrons. The summed E-state index contributed by atoms with van der Waals surface area (Å²) in [5.74, 6) is 0.00807. The highest BCUT2D eigenvalue weighted by atomic mass is 16.6. The number of aromatic nitrogens is 2. The zero-order valence-electron chi connectivity index (χ0n) is 12.5. The summed E-state index contributed by atoms with van der Waals surface area (Å²) in [7, 11) is 0. The van der Waals surface area contributed by atoms with E-state index < -0.39 is 4.92 Å². The van der Waals surface area contributed by atoms with Gasteiger partial charge in [0.05, 0.1) is 10.4 Å². The zero-order chi connectivity index (χ0) is 16.3. The van der Waals surface area contributed by atoms with E-state index in [0.717, 1.165) is 6.42 Å². The van der Waals surface area contributed by atoms with Crippen molar-refractivity contribution in [1.29, 1.82) is 0 Å². The third-order valence-corrected chi connectivity index (χ3v) is 3.35. The van der Waals surface area contributed by atoms with Gasteiger partial charge in [0.2, 0.25) is 0 Å². The molecule has 1 unspecified atom stereocenters. The van der Waals surface area contributed by atoms with Crippen LogP contribution in [0, 0.1) is 16.0 Å². The van der Waals surface area contributed by atoms with Gasteiger partial charge in [0.25, 0.3) is 11.6 Å². The van der Waals surface area contributed by atoms with E-state index in [4.69, 9.17) is 5.73 Å². The van der Waals surface area contributed by atoms with Crippen molar-refractivity contribution in [2.24, 2.45) is 11.7 Å². The molecule has 0 spiro atoms. The molecule has 0 radical (unpaired) electrons. The number of rotatable bonds is 6. The lowest BCUT2D eigenvalue weighted by molar-refractivity contribution is -0.384. The maximum absolute atomic E-state index is 12.3. The molecular weight excluding hydrogens is 286 g/mol. The van der Waals surface area contributed by atoms with E-state index in [9.17, 15) is 14.9 Å². The Morgan fingerprint density at radius 1 is 1.50 bits per heavy atom. The molecule has 0 saturated heterocycles. The topological polar surface area (TPSA) is 127 Å². The van der Waals surface area contributed by atoms with Crippen LogP contribution in [-0.2, 0) is 0 Å². The van der Waals surface area contributed by atoms with Crippen LogP contribution in [0.2, 0.25) is 0 Å². The zero-order valence-corrected chi connectivity index (χ0v) is 12.5. The SMILES string of the molecule is CC(C)CC(CN)NC(=O)c1n[nH]c2ccc([N+](=O)[O-])cc12. The van der Waals surface area contributed by atoms with Gasteiger partial charge in [0.1, 0.15) is 0 Å². The first-order valence-electron chi connectivity index (χ1n) is 7.05. The summed E-state index contributed by atoms with van der Waals surface area (Å²) >= 11 is 0. The number of nitrogens with two attached hydrogens (primary N) is 1. The molecule has 1 aromatic heterocycles. The van der Waals surface area contributed by atoms with Crippen LogP contribution in [0.3, 0.4) is 0 Å². The summed E-state index contributed by atoms with van der Waals surface area (Å²) < 4.78 is 0. The van der Waals surface area contributed by atoms with Crippen molar-refractivity contribution in [3.8, 4) is 0 Å². The summed E-state index contributed by atoms with van der Waals surface area (Å²) in [5.41, 5.74) is 6.30. The fourth-order valence-electron chi connectivity index (χ4n) is 2.33. The van der Waals surface area contributed by atoms with Gasteiger partial charge < -0.3 is 11.1 Å². The van der Waals surface area contributed by atoms with Crippen LogP contribution >= 0.6 is 0 Å². The lowest BCUT2D eigenvalue weighted by Gasteiger charge is -2.18. The van der Waals surface area contributed by atoms with Crippen LogP contribution in [0.5, 0.6) is 0 Å². The molecule has 22 heavy (non-hydrogen) atoms. The Hall–Kier alpha value is -2.48. The Morgan fingerprint density at radius 3 is 2.82 bits per heavy atom. The Balaban J connectivity index is 2.27. The van der Waals surface area contributed by atoms with Gasteiger partial charge in [-0.2, -0.15) is 5.10 Å². The predicted molar refractivity (Wildman–Crippen MR) is 82.5 cm³/mol. The minimum absolute atomic E-state index is 0.0829. The van der Waals surface area contributed by atoms with Crippen molar-refractivity contribution in [3.63, 3.8) is 0 Å². The second-order valence-corrected chi connectivity index (χ2v) is 5.59. The molecule has 1 aromatic carbocycles. The van der Waals surface area contributed by atoms with Gasteiger partial charge in [-0.3, -0.25) is 20.0 Å². The van der Waals surface area contributed by atoms with E-state index in [1.54, 1.807) is 0 Å². The van der Waals surface area contributed by atoms with E-state index in [-0.39, 0.29) is 23.3 Å². The molecule has 0 aliphatic heterocycles. The highest BCUT2D eigenvalue weighted by Crippen LogP contribution is 2.22. The number of carbonyl (C=O) groups is 1. The third-order valence-electron chi connectivity index (χ3n) is 3.35. The minimum Gasteiger partial charge on any atom is -0.347 e. The first kappa shape index (κ1) is 15.9. The molecular formula is C14H19N5O3. The van der Waals surface area contributed by atoms with E-state index in [2.05, 4.69) is 15.5 Å². The van der Waals surface area contributed by atoms with Gasteiger partial charge in [-0.05, 0) is 18.4 Å². The summed E-state index contributed by atoms with van der Waals surface area (Å²) in [6.07, 6.45) is 0.755. The third kappa shape index (κ3) is 3.40. The number of fused-ring (bicyclic) bond motifs is 1. The molecule has 0 bridgehead atoms. The van der Waals surface area contributed by atoms with Crippen molar-refractivity contribution >= 4 is 22.5 Å². The quantitative estimate of drug-likeness (QED) is 0.551. The van der Waals surface area contributed by atoms with Crippen molar-refractivity contribution in [3.05, 3.63) is 34.0 Å². The van der Waals surface area contributed by atoms with Crippen LogP contribution in [-0.4, -0.2) is 33.6 Å². The van der Waals surface area contributed by atoms with Crippen LogP contribution in [0.4, 0.5) is 5.69 Å². The van der Waals surface area contributed by atoms with Crippen molar-refractivity contribution in [2.45, 2.75) is 26.3 Å². The highest BCUT2D eigenvalue weighted by molar-refractivity contribution is 6.05. The van der Waals surface area contributed by atoms with E-state index in [1.165, 1.54) is 18.2 Å². The maximum atomic E-state index is 12.3. The minimum atomic E-state index is -0.504. The normalized spacial score (nSPS) is 12.5. The average Bonchev–Trinajstić information content (AvgIpc) is 2.88. The van der Waals surface area contributed by atoms with Gasteiger partial charge >= 0.3 is 0 Å². The summed E-state index contributed by atoms with van der Waals surface area (Å²) in [4.78, 5) is 22.7. The number of nitrogens with zero attached hydrogens (tertiary/aromatic N) is 2. The molecule has 0 aliphatic rings. The van der Waals surface area contributed by atoms with Crippen LogP contribution in [0.25, 0.3) is 10.9 Å². The largest absolute Gasteiger partial charge is 0.347 e. The Kier molecular flexibility index (Phi) is 4.71. The van der Waals surface area contributed by atoms with Crippen LogP contribution in [0.15, 0.2) is 18.2 Å². The number of nitro benzene ring substituents is 1. The highest BCUT2D eigenvalue weighted by Gasteiger charge is 2.20. The van der Waals surface area contributed by atoms with Crippen LogP contribution in [0.1, 0.15) is 30.8 Å². The molecule has 0 fully saturated rings. The number of amides is 1. The molecule has 4 N–H and O–H groups in total. The predicted octanol–water partition coefficient (Wildman–Crippen LogP) is 1.57. The second kappa shape index (κ2) is 6.52. The number of carbonyl (C=O) groups excluding carboxylic acids is 1. The number of hydrogen-bond donors (Lipinski definition) is 3. The van der Waals surface area contributed by atoms with Crippen molar-refractivity contribution < 1.29 is 9.72 Å². The summed E-state index contributed by atoms with van der Waals surface area (Å²) in [6.45, 7) is 4.41. The molecule has 1 atom stereocenters. The Bertz CT molecular complexity index is 695. The van der Waals surface area contributed by atoms with E-state index in [0.29, 0.717) is 23.4 Å². The van der Waals surface area contributed by atoms with Gasteiger partial charge in [0.15, 0.2) is 5.69 Å². The van der Waals surface area contributed by atoms with Gasteiger partial charge in [0, 0.05) is 30.1 Å². The first-order valence-corrected chi connectivity index (χ1v) is 7.05. The molecule has 2 aromatic rings. The molecule has 0 aliphatic carbocycles. The number of nitrogens with one attached hydrogen (secondary N) is 2. The molecule has 0 saturated carbocycles. The molecule has 8 heteroatoms. The number of hydrogen-bond acceptors (Lipinski definition) is 5. The van der Waals surface area contributed by atoms with Crippen LogP contribution < -0.4 is 11.1 Å². The van der Waals surface area contributed by atoms with Crippen molar-refractivity contribution in [1.82, 2.24) is 15.5 Å². The monoisotopic (exact) mass is 305 g/mol.